The first-order chi connectivity index (χ1) is 17.2. The van der Waals surface area contributed by atoms with Crippen LogP contribution in [0.2, 0.25) is 0 Å². The first-order valence-electron chi connectivity index (χ1n) is 10.7. The number of hydrogen-bond acceptors (Lipinski definition) is 8. The smallest absolute Gasteiger partial charge is 0.270 e. The zero-order valence-corrected chi connectivity index (χ0v) is 19.2. The van der Waals surface area contributed by atoms with Crippen LogP contribution < -0.4 is 20.3 Å². The second-order valence-corrected chi connectivity index (χ2v) is 8.41. The number of nitrogens with zero attached hydrogens (tertiary/aromatic N) is 4. The summed E-state index contributed by atoms with van der Waals surface area (Å²) in [7, 11) is 0. The molecular weight excluding hydrogens is 468 g/mol. The highest BCUT2D eigenvalue weighted by Gasteiger charge is 2.17. The lowest BCUT2D eigenvalue weighted by molar-refractivity contribution is 0.0844. The SMILES string of the molecule is O=C(NNC(=O)c1ccccc1SCc1nnnn1-c1ccccc1)c1ccc2c(c1)OCCO2. The molecule has 0 spiro atoms. The van der Waals surface area contributed by atoms with Gasteiger partial charge in [0.25, 0.3) is 11.8 Å². The maximum Gasteiger partial charge on any atom is 0.270 e. The van der Waals surface area contributed by atoms with Crippen LogP contribution in [0, 0.1) is 0 Å². The Morgan fingerprint density at radius 2 is 1.63 bits per heavy atom. The molecule has 1 aliphatic rings. The van der Waals surface area contributed by atoms with Gasteiger partial charge in [-0.05, 0) is 52.9 Å². The molecule has 5 rings (SSSR count). The number of ether oxygens (including phenoxy) is 2. The molecule has 3 aromatic carbocycles. The van der Waals surface area contributed by atoms with Crippen LogP contribution in [0.15, 0.2) is 77.7 Å². The van der Waals surface area contributed by atoms with Crippen LogP contribution in [-0.2, 0) is 5.75 Å². The quantitative estimate of drug-likeness (QED) is 0.314. The number of aromatic nitrogens is 4. The van der Waals surface area contributed by atoms with E-state index in [2.05, 4.69) is 26.4 Å². The number of fused-ring (bicyclic) bond motifs is 1. The van der Waals surface area contributed by atoms with E-state index < -0.39 is 11.8 Å². The summed E-state index contributed by atoms with van der Waals surface area (Å²) in [6, 6.07) is 21.5. The molecule has 0 aliphatic carbocycles. The van der Waals surface area contributed by atoms with Crippen LogP contribution in [0.25, 0.3) is 5.69 Å². The maximum atomic E-state index is 12.9. The summed E-state index contributed by atoms with van der Waals surface area (Å²) < 4.78 is 12.6. The molecule has 0 saturated heterocycles. The zero-order chi connectivity index (χ0) is 24.0. The number of tetrazole rings is 1. The maximum absolute atomic E-state index is 12.9. The number of hydrazine groups is 1. The average Bonchev–Trinajstić information content (AvgIpc) is 3.39. The van der Waals surface area contributed by atoms with Crippen molar-refractivity contribution in [2.45, 2.75) is 10.6 Å². The number of hydrogen-bond donors (Lipinski definition) is 2. The van der Waals surface area contributed by atoms with Gasteiger partial charge >= 0.3 is 0 Å². The Labute approximate surface area is 204 Å². The number of carbonyl (C=O) groups is 2. The molecule has 2 N–H and O–H groups in total. The monoisotopic (exact) mass is 488 g/mol. The van der Waals surface area contributed by atoms with E-state index in [9.17, 15) is 9.59 Å². The summed E-state index contributed by atoms with van der Waals surface area (Å²) in [4.78, 5) is 26.1. The third-order valence-corrected chi connectivity index (χ3v) is 6.19. The molecule has 0 saturated carbocycles. The summed E-state index contributed by atoms with van der Waals surface area (Å²) in [6.07, 6.45) is 0. The average molecular weight is 489 g/mol. The number of amides is 2. The van der Waals surface area contributed by atoms with Gasteiger partial charge in [0.15, 0.2) is 17.3 Å². The second kappa shape index (κ2) is 10.3. The molecule has 0 radical (unpaired) electrons. The lowest BCUT2D eigenvalue weighted by Crippen LogP contribution is -2.41. The van der Waals surface area contributed by atoms with E-state index in [0.29, 0.717) is 47.4 Å². The highest BCUT2D eigenvalue weighted by molar-refractivity contribution is 7.98. The van der Waals surface area contributed by atoms with Gasteiger partial charge in [0.05, 0.1) is 17.0 Å². The first kappa shape index (κ1) is 22.4. The zero-order valence-electron chi connectivity index (χ0n) is 18.4. The fraction of sp³-hybridized carbons (Fsp3) is 0.125. The molecule has 2 heterocycles. The molecule has 4 aromatic rings. The van der Waals surface area contributed by atoms with Gasteiger partial charge in [-0.3, -0.25) is 20.4 Å². The number of rotatable bonds is 6. The molecule has 1 aromatic heterocycles. The first-order valence-corrected chi connectivity index (χ1v) is 11.7. The van der Waals surface area contributed by atoms with Crippen LogP contribution in [-0.4, -0.2) is 45.2 Å². The molecule has 1 aliphatic heterocycles. The minimum absolute atomic E-state index is 0.338. The van der Waals surface area contributed by atoms with Crippen LogP contribution in [0.1, 0.15) is 26.5 Å². The highest BCUT2D eigenvalue weighted by atomic mass is 32.2. The number of carbonyl (C=O) groups excluding carboxylic acids is 2. The summed E-state index contributed by atoms with van der Waals surface area (Å²) >= 11 is 1.42. The van der Waals surface area contributed by atoms with E-state index in [1.165, 1.54) is 11.8 Å². The van der Waals surface area contributed by atoms with Gasteiger partial charge in [0.1, 0.15) is 13.2 Å². The number of para-hydroxylation sites is 1. The Morgan fingerprint density at radius 1 is 0.886 bits per heavy atom. The summed E-state index contributed by atoms with van der Waals surface area (Å²) in [5.74, 6) is 1.25. The molecule has 176 valence electrons. The van der Waals surface area contributed by atoms with E-state index in [1.54, 1.807) is 35.0 Å². The molecule has 11 heteroatoms. The van der Waals surface area contributed by atoms with Crippen LogP contribution in [0.5, 0.6) is 11.5 Å². The van der Waals surface area contributed by atoms with E-state index in [-0.39, 0.29) is 0 Å². The van der Waals surface area contributed by atoms with E-state index >= 15 is 0 Å². The van der Waals surface area contributed by atoms with E-state index in [4.69, 9.17) is 9.47 Å². The lowest BCUT2D eigenvalue weighted by atomic mass is 10.2. The van der Waals surface area contributed by atoms with Crippen molar-refractivity contribution >= 4 is 23.6 Å². The van der Waals surface area contributed by atoms with Crippen molar-refractivity contribution in [1.82, 2.24) is 31.1 Å². The van der Waals surface area contributed by atoms with Gasteiger partial charge in [-0.25, -0.2) is 0 Å². The molecular formula is C24H20N6O4S. The molecule has 10 nitrogen and oxygen atoms in total. The fourth-order valence-electron chi connectivity index (χ4n) is 3.43. The molecule has 0 fully saturated rings. The van der Waals surface area contributed by atoms with Crippen molar-refractivity contribution in [1.29, 1.82) is 0 Å². The van der Waals surface area contributed by atoms with Gasteiger partial charge in [-0.1, -0.05) is 30.3 Å². The summed E-state index contributed by atoms with van der Waals surface area (Å²) in [5, 5.41) is 11.9. The second-order valence-electron chi connectivity index (χ2n) is 7.39. The fourth-order valence-corrected chi connectivity index (χ4v) is 4.38. The normalized spacial score (nSPS) is 12.1. The summed E-state index contributed by atoms with van der Waals surface area (Å²) in [5.41, 5.74) is 6.53. The Morgan fingerprint density at radius 3 is 2.49 bits per heavy atom. The standard InChI is InChI=1S/C24H20N6O4S/c31-23(16-10-11-19-20(14-16)34-13-12-33-19)26-27-24(32)18-8-4-5-9-21(18)35-15-22-25-28-29-30(22)17-6-2-1-3-7-17/h1-11,14H,12-13,15H2,(H,26,31)(H,27,32). The van der Waals surface area contributed by atoms with Crippen LogP contribution in [0.3, 0.4) is 0 Å². The minimum Gasteiger partial charge on any atom is -0.486 e. The third-order valence-electron chi connectivity index (χ3n) is 5.12. The Hall–Kier alpha value is -4.38. The van der Waals surface area contributed by atoms with Gasteiger partial charge in [0.2, 0.25) is 0 Å². The minimum atomic E-state index is -0.470. The largest absolute Gasteiger partial charge is 0.486 e. The van der Waals surface area contributed by atoms with Gasteiger partial charge < -0.3 is 9.47 Å². The number of benzene rings is 3. The van der Waals surface area contributed by atoms with Crippen LogP contribution in [0.4, 0.5) is 0 Å². The predicted octanol–water partition coefficient (Wildman–Crippen LogP) is 2.80. The lowest BCUT2D eigenvalue weighted by Gasteiger charge is -2.18. The topological polar surface area (TPSA) is 120 Å². The number of thioether (sulfide) groups is 1. The molecule has 0 bridgehead atoms. The number of nitrogens with one attached hydrogen (secondary N) is 2. The van der Waals surface area contributed by atoms with E-state index in [0.717, 1.165) is 10.6 Å². The van der Waals surface area contributed by atoms with Gasteiger partial charge in [-0.15, -0.1) is 16.9 Å². The van der Waals surface area contributed by atoms with E-state index in [1.807, 2.05) is 42.5 Å². The molecule has 0 atom stereocenters. The van der Waals surface area contributed by atoms with Crippen molar-refractivity contribution in [2.75, 3.05) is 13.2 Å². The third kappa shape index (κ3) is 5.09. The molecule has 0 unspecified atom stereocenters. The highest BCUT2D eigenvalue weighted by Crippen LogP contribution is 2.30. The van der Waals surface area contributed by atoms with Gasteiger partial charge in [0, 0.05) is 10.5 Å². The van der Waals surface area contributed by atoms with Crippen molar-refractivity contribution in [3.8, 4) is 17.2 Å². The summed E-state index contributed by atoms with van der Waals surface area (Å²) in [6.45, 7) is 0.883. The van der Waals surface area contributed by atoms with Crippen molar-refractivity contribution < 1.29 is 19.1 Å². The molecule has 35 heavy (non-hydrogen) atoms. The predicted molar refractivity (Wildman–Crippen MR) is 128 cm³/mol. The Kier molecular flexibility index (Phi) is 6.57. The van der Waals surface area contributed by atoms with Crippen molar-refractivity contribution in [3.05, 3.63) is 89.7 Å². The van der Waals surface area contributed by atoms with Crippen molar-refractivity contribution in [3.63, 3.8) is 0 Å². The van der Waals surface area contributed by atoms with Crippen molar-refractivity contribution in [2.24, 2.45) is 0 Å². The molecule has 2 amide bonds. The van der Waals surface area contributed by atoms with Crippen LogP contribution >= 0.6 is 11.8 Å². The van der Waals surface area contributed by atoms with Gasteiger partial charge in [-0.2, -0.15) is 4.68 Å². The Balaban J connectivity index is 1.24. The Bertz CT molecular complexity index is 1360.